The molecule has 0 aromatic carbocycles. The van der Waals surface area contributed by atoms with E-state index in [0.717, 1.165) is 45.2 Å². The number of rotatable bonds is 7. The highest BCUT2D eigenvalue weighted by Gasteiger charge is 2.39. The third-order valence-electron chi connectivity index (χ3n) is 5.88. The summed E-state index contributed by atoms with van der Waals surface area (Å²) in [6, 6.07) is 0.287. The molecule has 2 aromatic rings. The molecule has 45 heavy (non-hydrogen) atoms. The van der Waals surface area contributed by atoms with Crippen LogP contribution in [0.1, 0.15) is 42.6 Å². The van der Waals surface area contributed by atoms with Crippen LogP contribution in [0.25, 0.3) is 0 Å². The summed E-state index contributed by atoms with van der Waals surface area (Å²) < 4.78 is 105. The quantitative estimate of drug-likeness (QED) is 0.367. The number of carbonyl (C=O) groups is 3. The number of nitrogens with zero attached hydrogens (tertiary/aromatic N) is 5. The van der Waals surface area contributed by atoms with E-state index in [1.807, 2.05) is 24.1 Å². The number of hydrogen-bond donors (Lipinski definition) is 3. The number of ether oxygens (including phenoxy) is 1. The highest BCUT2D eigenvalue weighted by atomic mass is 19.4. The molecule has 0 bridgehead atoms. The summed E-state index contributed by atoms with van der Waals surface area (Å²) in [5, 5.41) is 30.3. The summed E-state index contributed by atoms with van der Waals surface area (Å²) >= 11 is 0. The zero-order valence-electron chi connectivity index (χ0n) is 23.7. The van der Waals surface area contributed by atoms with Gasteiger partial charge in [-0.15, -0.1) is 0 Å². The van der Waals surface area contributed by atoms with Crippen LogP contribution in [0.4, 0.5) is 39.5 Å². The lowest BCUT2D eigenvalue weighted by Crippen LogP contribution is -2.38. The monoisotopic (exact) mass is 671 g/mol. The lowest BCUT2D eigenvalue weighted by molar-refractivity contribution is -0.193. The van der Waals surface area contributed by atoms with Crippen LogP contribution < -0.4 is 0 Å². The van der Waals surface area contributed by atoms with E-state index in [4.69, 9.17) is 34.4 Å². The van der Waals surface area contributed by atoms with Crippen molar-refractivity contribution >= 4 is 17.9 Å². The van der Waals surface area contributed by atoms with E-state index in [-0.39, 0.29) is 6.04 Å². The van der Waals surface area contributed by atoms with Crippen LogP contribution in [0.3, 0.4) is 0 Å². The second kappa shape index (κ2) is 16.4. The van der Waals surface area contributed by atoms with E-state index in [9.17, 15) is 39.5 Å². The van der Waals surface area contributed by atoms with Crippen molar-refractivity contribution in [2.24, 2.45) is 13.0 Å². The molecular weight excluding hydrogens is 641 g/mol. The molecule has 0 saturated heterocycles. The standard InChI is InChI=1S/C18H27N5O.3C2HF3O2/c1-3-23-18-16(9-20-23)6-7-22(11-15-8-19-21(2)10-15)17(18)13-24-12-14-4-5-14;3*3-2(4,5)1(6)7/h8-10,14,17H,3-7,11-13H2,1-2H3;3*(H,6,7). The van der Waals surface area contributed by atoms with Crippen LogP contribution in [-0.2, 0) is 45.7 Å². The van der Waals surface area contributed by atoms with Gasteiger partial charge >= 0.3 is 36.4 Å². The number of alkyl halides is 9. The fourth-order valence-electron chi connectivity index (χ4n) is 3.65. The first-order valence-corrected chi connectivity index (χ1v) is 12.8. The van der Waals surface area contributed by atoms with E-state index < -0.39 is 36.4 Å². The molecule has 0 amide bonds. The third kappa shape index (κ3) is 14.2. The fourth-order valence-corrected chi connectivity index (χ4v) is 3.65. The summed E-state index contributed by atoms with van der Waals surface area (Å²) in [4.78, 5) is 29.2. The summed E-state index contributed by atoms with van der Waals surface area (Å²) in [6.07, 6.45) is -5.39. The van der Waals surface area contributed by atoms with Gasteiger partial charge in [-0.1, -0.05) is 0 Å². The molecule has 3 heterocycles. The minimum absolute atomic E-state index is 0.287. The van der Waals surface area contributed by atoms with E-state index in [0.29, 0.717) is 0 Å². The Morgan fingerprint density at radius 1 is 0.867 bits per heavy atom. The van der Waals surface area contributed by atoms with Crippen molar-refractivity contribution < 1.29 is 74.0 Å². The van der Waals surface area contributed by atoms with Gasteiger partial charge in [-0.05, 0) is 37.7 Å². The van der Waals surface area contributed by atoms with Gasteiger partial charge in [0.25, 0.3) is 0 Å². The van der Waals surface area contributed by atoms with E-state index in [1.54, 1.807) is 0 Å². The lowest BCUT2D eigenvalue weighted by atomic mass is 9.99. The molecule has 3 N–H and O–H groups in total. The van der Waals surface area contributed by atoms with Crippen LogP contribution in [-0.4, -0.2) is 96.0 Å². The maximum Gasteiger partial charge on any atom is 0.490 e. The SMILES string of the molecule is CCn1ncc2c1C(COCC1CC1)N(Cc1cnn(C)c1)CC2.O=C(O)C(F)(F)F.O=C(O)C(F)(F)F.O=C(O)C(F)(F)F. The molecule has 1 aliphatic carbocycles. The predicted octanol–water partition coefficient (Wildman–Crippen LogP) is 4.06. The Bertz CT molecular complexity index is 1180. The number of aliphatic carboxylic acids is 3. The highest BCUT2D eigenvalue weighted by Crippen LogP contribution is 2.33. The van der Waals surface area contributed by atoms with Gasteiger partial charge in [0, 0.05) is 45.0 Å². The molecule has 2 aliphatic rings. The minimum atomic E-state index is -5.08. The average molecular weight is 672 g/mol. The van der Waals surface area contributed by atoms with E-state index in [2.05, 4.69) is 32.9 Å². The Labute approximate surface area is 249 Å². The molecule has 21 heteroatoms. The van der Waals surface area contributed by atoms with Crippen molar-refractivity contribution in [3.05, 3.63) is 35.4 Å². The van der Waals surface area contributed by atoms with Gasteiger partial charge in [0.15, 0.2) is 0 Å². The van der Waals surface area contributed by atoms with Crippen molar-refractivity contribution in [3.8, 4) is 0 Å². The summed E-state index contributed by atoms with van der Waals surface area (Å²) in [5.41, 5.74) is 4.00. The number of carboxylic acid groups (broad SMARTS) is 3. The van der Waals surface area contributed by atoms with Crippen LogP contribution in [0.15, 0.2) is 18.6 Å². The topological polar surface area (TPSA) is 160 Å². The first-order chi connectivity index (χ1) is 20.6. The highest BCUT2D eigenvalue weighted by molar-refractivity contribution is 5.73. The normalized spacial score (nSPS) is 16.6. The van der Waals surface area contributed by atoms with Crippen LogP contribution in [0.5, 0.6) is 0 Å². The van der Waals surface area contributed by atoms with Crippen molar-refractivity contribution in [2.45, 2.75) is 63.8 Å². The number of hydrogen-bond acceptors (Lipinski definition) is 7. The van der Waals surface area contributed by atoms with E-state index >= 15 is 0 Å². The molecule has 1 fully saturated rings. The number of fused-ring (bicyclic) bond motifs is 1. The van der Waals surface area contributed by atoms with Crippen molar-refractivity contribution in [1.82, 2.24) is 24.5 Å². The smallest absolute Gasteiger partial charge is 0.475 e. The van der Waals surface area contributed by atoms with Gasteiger partial charge in [-0.3, -0.25) is 14.3 Å². The second-order valence-corrected chi connectivity index (χ2v) is 9.52. The first-order valence-electron chi connectivity index (χ1n) is 12.8. The van der Waals surface area contributed by atoms with Gasteiger partial charge < -0.3 is 20.1 Å². The predicted molar refractivity (Wildman–Crippen MR) is 133 cm³/mol. The van der Waals surface area contributed by atoms with Crippen molar-refractivity contribution in [2.75, 3.05) is 19.8 Å². The minimum Gasteiger partial charge on any atom is -0.475 e. The van der Waals surface area contributed by atoms with Gasteiger partial charge in [-0.2, -0.15) is 49.7 Å². The number of carboxylic acids is 3. The van der Waals surface area contributed by atoms with Crippen molar-refractivity contribution in [3.63, 3.8) is 0 Å². The lowest BCUT2D eigenvalue weighted by Gasteiger charge is -2.36. The maximum atomic E-state index is 10.6. The zero-order valence-corrected chi connectivity index (χ0v) is 23.7. The van der Waals surface area contributed by atoms with Crippen LogP contribution >= 0.6 is 0 Å². The molecule has 1 aliphatic heterocycles. The summed E-state index contributed by atoms with van der Waals surface area (Å²) in [5.74, 6) is -7.47. The largest absolute Gasteiger partial charge is 0.490 e. The fraction of sp³-hybridized carbons (Fsp3) is 0.625. The summed E-state index contributed by atoms with van der Waals surface area (Å²) in [6.45, 7) is 6.71. The molecular formula is C24H30F9N5O7. The van der Waals surface area contributed by atoms with Crippen LogP contribution in [0, 0.1) is 5.92 Å². The Balaban J connectivity index is 0.000000396. The Morgan fingerprint density at radius 2 is 1.36 bits per heavy atom. The molecule has 1 atom stereocenters. The third-order valence-corrected chi connectivity index (χ3v) is 5.88. The molecule has 256 valence electrons. The number of aromatic nitrogens is 4. The Hall–Kier alpha value is -3.88. The molecule has 12 nitrogen and oxygen atoms in total. The van der Waals surface area contributed by atoms with Gasteiger partial charge in [0.05, 0.1) is 30.7 Å². The zero-order chi connectivity index (χ0) is 34.8. The molecule has 0 spiro atoms. The molecule has 1 saturated carbocycles. The number of halogens is 9. The molecule has 2 aromatic heterocycles. The van der Waals surface area contributed by atoms with Gasteiger partial charge in [0.1, 0.15) is 0 Å². The van der Waals surface area contributed by atoms with Gasteiger partial charge in [0.2, 0.25) is 0 Å². The maximum absolute atomic E-state index is 10.6. The molecule has 0 radical (unpaired) electrons. The second-order valence-electron chi connectivity index (χ2n) is 9.52. The molecule has 1 unspecified atom stereocenters. The van der Waals surface area contributed by atoms with Crippen molar-refractivity contribution in [1.29, 1.82) is 0 Å². The van der Waals surface area contributed by atoms with Crippen LogP contribution in [0.2, 0.25) is 0 Å². The van der Waals surface area contributed by atoms with E-state index in [1.165, 1.54) is 29.7 Å². The average Bonchev–Trinajstić information content (AvgIpc) is 3.49. The first kappa shape index (κ1) is 39.1. The van der Waals surface area contributed by atoms with Gasteiger partial charge in [-0.25, -0.2) is 14.4 Å². The molecule has 4 rings (SSSR count). The number of aryl methyl sites for hydroxylation is 2. The summed E-state index contributed by atoms with van der Waals surface area (Å²) in [7, 11) is 1.97. The Kier molecular flexibility index (Phi) is 14.3. The Morgan fingerprint density at radius 3 is 1.73 bits per heavy atom.